The number of benzene rings is 2. The minimum atomic E-state index is -0.374. The molecule has 17 heteroatoms. The maximum atomic E-state index is 13.0. The first-order valence-electron chi connectivity index (χ1n) is 18.3. The molecule has 296 valence electrons. The van der Waals surface area contributed by atoms with Gasteiger partial charge in [-0.1, -0.05) is 43.5 Å². The number of amides is 4. The van der Waals surface area contributed by atoms with Gasteiger partial charge in [0, 0.05) is 49.8 Å². The number of quaternary nitrogens is 1. The fourth-order valence-corrected chi connectivity index (χ4v) is 6.57. The summed E-state index contributed by atoms with van der Waals surface area (Å²) in [5, 5.41) is 22.6. The van der Waals surface area contributed by atoms with Crippen molar-refractivity contribution in [1.29, 1.82) is 0 Å². The number of hydrogen-bond donors (Lipinski definition) is 7. The van der Waals surface area contributed by atoms with E-state index in [1.54, 1.807) is 35.5 Å². The number of para-hydroxylation sites is 3. The van der Waals surface area contributed by atoms with E-state index in [0.717, 1.165) is 44.0 Å². The number of nitrogens with one attached hydrogen (secondary N) is 3. The van der Waals surface area contributed by atoms with Crippen LogP contribution < -0.4 is 55.2 Å². The summed E-state index contributed by atoms with van der Waals surface area (Å²) in [4.78, 5) is 49.7. The highest BCUT2D eigenvalue weighted by Crippen LogP contribution is 2.28. The maximum Gasteiger partial charge on any atom is 0.280 e. The molecule has 1 saturated carbocycles. The molecule has 4 heterocycles. The van der Waals surface area contributed by atoms with Gasteiger partial charge in [0.2, 0.25) is 17.7 Å². The molecule has 4 amide bonds. The molecule has 0 spiro atoms. The average molecular weight is 779 g/mol. The number of carbonyl (C=O) groups excluding carboxylic acids is 4. The van der Waals surface area contributed by atoms with Gasteiger partial charge in [-0.25, -0.2) is 4.68 Å². The number of allylic oxidation sites excluding steroid dienone is 2. The van der Waals surface area contributed by atoms with Crippen molar-refractivity contribution in [3.63, 3.8) is 0 Å². The molecule has 0 unspecified atom stereocenters. The number of phenols is 1. The van der Waals surface area contributed by atoms with Gasteiger partial charge in [-0.2, -0.15) is 5.10 Å². The number of aromatic hydroxyl groups is 1. The third kappa shape index (κ3) is 12.0. The van der Waals surface area contributed by atoms with Crippen LogP contribution in [-0.2, 0) is 19.2 Å². The van der Waals surface area contributed by atoms with Crippen molar-refractivity contribution in [2.75, 3.05) is 49.5 Å². The first kappa shape index (κ1) is 42.2. The molecule has 0 bridgehead atoms. The predicted molar refractivity (Wildman–Crippen MR) is 204 cm³/mol. The molecule has 11 N–H and O–H groups in total. The number of ether oxygens (including phenoxy) is 1. The zero-order valence-electron chi connectivity index (χ0n) is 30.8. The standard InChI is InChI=1S/C25H34N8O3.C8H9NO.C5H7NO2.ClH/c26-13-23(35)30-25(28)21(12-20(27)19-8-4-5-9-22(19)34)33-15-18(14-29-33)32-11-10-31(16-24(32)36)17-6-2-1-3-7-17;1-2-4-8-7(3-1)9-5-6-10-8;7-4-2-1-3-5(8)6-4;/h4-5,8-9,12,14-15,17,34H,1-3,6-7,10-11,13,16,26-28H2,(H,30,35);1-4,9H,5-6H2;1-3H2,(H,6,7,8);1H/b20-12-,25-21-;;;. The maximum absolute atomic E-state index is 13.0. The van der Waals surface area contributed by atoms with Crippen molar-refractivity contribution in [3.05, 3.63) is 78.4 Å². The summed E-state index contributed by atoms with van der Waals surface area (Å²) >= 11 is 0. The largest absolute Gasteiger partial charge is 1.00 e. The molecule has 55 heavy (non-hydrogen) atoms. The van der Waals surface area contributed by atoms with Crippen LogP contribution >= 0.6 is 0 Å². The molecule has 2 aromatic carbocycles. The Kier molecular flexibility index (Phi) is 15.9. The zero-order valence-corrected chi connectivity index (χ0v) is 31.6. The monoisotopic (exact) mass is 778 g/mol. The minimum Gasteiger partial charge on any atom is -1.00 e. The van der Waals surface area contributed by atoms with Crippen LogP contribution in [-0.4, -0.2) is 88.8 Å². The van der Waals surface area contributed by atoms with Crippen LogP contribution in [0.4, 0.5) is 11.4 Å². The molecule has 3 aliphatic heterocycles. The number of hydrogen-bond acceptors (Lipinski definition) is 11. The van der Waals surface area contributed by atoms with E-state index in [1.807, 2.05) is 24.3 Å². The summed E-state index contributed by atoms with van der Waals surface area (Å²) in [7, 11) is 0. The van der Waals surface area contributed by atoms with Gasteiger partial charge in [0.15, 0.2) is 6.54 Å². The number of halogens is 1. The van der Waals surface area contributed by atoms with Gasteiger partial charge in [-0.15, -0.1) is 0 Å². The number of piperidine rings is 1. The lowest BCUT2D eigenvalue weighted by Gasteiger charge is -2.39. The SMILES string of the molecule is N/C(=C\C(=C(/N)NC(=O)C[NH3+])n1cc(N2CCN(C3CCCCC3)CC2=O)cn1)c1ccccc1O.O=C1CCCC(=O)N1.[Cl-].c1ccc2c(c1)NCCO2. The van der Waals surface area contributed by atoms with Crippen molar-refractivity contribution >= 4 is 46.4 Å². The fourth-order valence-electron chi connectivity index (χ4n) is 6.57. The Labute approximate surface area is 326 Å². The molecule has 0 radical (unpaired) electrons. The van der Waals surface area contributed by atoms with Crippen molar-refractivity contribution < 1.29 is 47.2 Å². The molecule has 4 aliphatic rings. The average Bonchev–Trinajstić information content (AvgIpc) is 3.67. The van der Waals surface area contributed by atoms with Crippen LogP contribution in [0.5, 0.6) is 11.5 Å². The number of rotatable bonds is 7. The van der Waals surface area contributed by atoms with E-state index < -0.39 is 0 Å². The van der Waals surface area contributed by atoms with Gasteiger partial charge in [-0.3, -0.25) is 29.4 Å². The van der Waals surface area contributed by atoms with Crippen molar-refractivity contribution in [1.82, 2.24) is 25.3 Å². The summed E-state index contributed by atoms with van der Waals surface area (Å²) < 4.78 is 6.82. The molecule has 1 aliphatic carbocycles. The van der Waals surface area contributed by atoms with E-state index in [-0.39, 0.29) is 65.5 Å². The molecule has 1 aromatic heterocycles. The number of fused-ring (bicyclic) bond motifs is 1. The van der Waals surface area contributed by atoms with E-state index in [0.29, 0.717) is 49.6 Å². The van der Waals surface area contributed by atoms with E-state index in [9.17, 15) is 24.3 Å². The second kappa shape index (κ2) is 20.8. The number of phenolic OH excluding ortho intramolecular Hbond substituents is 1. The normalized spacial score (nSPS) is 17.9. The highest BCUT2D eigenvalue weighted by atomic mass is 35.5. The van der Waals surface area contributed by atoms with Crippen LogP contribution in [0.25, 0.3) is 11.4 Å². The number of piperazine rings is 1. The van der Waals surface area contributed by atoms with Crippen LogP contribution in [0.2, 0.25) is 0 Å². The molecule has 2 saturated heterocycles. The third-order valence-electron chi connectivity index (χ3n) is 9.40. The number of nitrogens with zero attached hydrogens (tertiary/aromatic N) is 4. The Hall–Kier alpha value is -5.58. The van der Waals surface area contributed by atoms with Crippen LogP contribution in [0.15, 0.2) is 72.8 Å². The second-order valence-electron chi connectivity index (χ2n) is 13.3. The number of nitrogens with two attached hydrogens (primary N) is 2. The molecule has 16 nitrogen and oxygen atoms in total. The first-order valence-corrected chi connectivity index (χ1v) is 18.3. The fraction of sp³-hybridized carbons (Fsp3) is 0.395. The van der Waals surface area contributed by atoms with E-state index >= 15 is 0 Å². The number of carbonyl (C=O) groups is 4. The van der Waals surface area contributed by atoms with Crippen molar-refractivity contribution in [2.45, 2.75) is 57.4 Å². The topological polar surface area (TPSA) is 238 Å². The molecule has 0 atom stereocenters. The second-order valence-corrected chi connectivity index (χ2v) is 13.3. The molecular formula is C38H51ClN10O6. The number of anilines is 2. The Morgan fingerprint density at radius 2 is 1.71 bits per heavy atom. The van der Waals surface area contributed by atoms with Gasteiger partial charge in [0.05, 0.1) is 30.3 Å². The Morgan fingerprint density at radius 1 is 1.00 bits per heavy atom. The van der Waals surface area contributed by atoms with Gasteiger partial charge >= 0.3 is 0 Å². The van der Waals surface area contributed by atoms with Crippen molar-refractivity contribution in [3.8, 4) is 11.5 Å². The van der Waals surface area contributed by atoms with Crippen LogP contribution in [0.3, 0.4) is 0 Å². The summed E-state index contributed by atoms with van der Waals surface area (Å²) in [5.74, 6) is 0.371. The zero-order chi connectivity index (χ0) is 38.5. The summed E-state index contributed by atoms with van der Waals surface area (Å²) in [6.07, 6.45) is 12.6. The van der Waals surface area contributed by atoms with Crippen molar-refractivity contribution in [2.24, 2.45) is 11.5 Å². The van der Waals surface area contributed by atoms with E-state index in [4.69, 9.17) is 16.2 Å². The Balaban J connectivity index is 0.000000286. The van der Waals surface area contributed by atoms with Gasteiger partial charge in [0.1, 0.15) is 29.6 Å². The van der Waals surface area contributed by atoms with Crippen LogP contribution in [0, 0.1) is 0 Å². The summed E-state index contributed by atoms with van der Waals surface area (Å²) in [5.41, 5.74) is 18.7. The molecule has 7 rings (SSSR count). The highest BCUT2D eigenvalue weighted by Gasteiger charge is 2.31. The Bertz CT molecular complexity index is 1820. The highest BCUT2D eigenvalue weighted by molar-refractivity contribution is 5.97. The number of imide groups is 1. The molecular weight excluding hydrogens is 728 g/mol. The van der Waals surface area contributed by atoms with Gasteiger partial charge in [-0.05, 0) is 49.6 Å². The predicted octanol–water partition coefficient (Wildman–Crippen LogP) is -1.68. The summed E-state index contributed by atoms with van der Waals surface area (Å²) in [6.45, 7) is 3.46. The lowest BCUT2D eigenvalue weighted by atomic mass is 9.94. The lowest BCUT2D eigenvalue weighted by molar-refractivity contribution is -0.354. The first-order chi connectivity index (χ1) is 26.1. The van der Waals surface area contributed by atoms with E-state index in [1.165, 1.54) is 36.1 Å². The molecule has 3 aromatic rings. The molecule has 3 fully saturated rings. The smallest absolute Gasteiger partial charge is 0.280 e. The summed E-state index contributed by atoms with van der Waals surface area (Å²) in [6, 6.07) is 15.1. The Morgan fingerprint density at radius 3 is 2.36 bits per heavy atom. The van der Waals surface area contributed by atoms with Crippen LogP contribution in [0.1, 0.15) is 56.9 Å². The third-order valence-corrected chi connectivity index (χ3v) is 9.40. The van der Waals surface area contributed by atoms with Gasteiger partial charge in [0.25, 0.3) is 5.91 Å². The minimum absolute atomic E-state index is 0. The number of aromatic nitrogens is 2. The lowest BCUT2D eigenvalue weighted by Crippen LogP contribution is -3.00. The quantitative estimate of drug-likeness (QED) is 0.106. The van der Waals surface area contributed by atoms with E-state index in [2.05, 4.69) is 31.7 Å². The van der Waals surface area contributed by atoms with Gasteiger partial charge < -0.3 is 55.0 Å².